The first kappa shape index (κ1) is 15.7. The van der Waals surface area contributed by atoms with Gasteiger partial charge in [-0.2, -0.15) is 5.10 Å². The number of rotatable bonds is 4. The Labute approximate surface area is 143 Å². The SMILES string of the molecule is Cc1cc(N(C)C)ccc1CNc1ncnc2c1c(Br)nn2C. The topological polar surface area (TPSA) is 58.9 Å². The fraction of sp³-hybridized carbons (Fsp3) is 0.312. The van der Waals surface area contributed by atoms with Gasteiger partial charge in [0.25, 0.3) is 0 Å². The van der Waals surface area contributed by atoms with Crippen LogP contribution in [0.25, 0.3) is 11.0 Å². The molecule has 3 aromatic rings. The second-order valence-electron chi connectivity index (χ2n) is 5.69. The molecule has 0 radical (unpaired) electrons. The Hall–Kier alpha value is -2.15. The third-order valence-electron chi connectivity index (χ3n) is 3.87. The lowest BCUT2D eigenvalue weighted by atomic mass is 10.1. The van der Waals surface area contributed by atoms with Crippen molar-refractivity contribution in [2.45, 2.75) is 13.5 Å². The molecule has 0 aliphatic rings. The maximum absolute atomic E-state index is 4.36. The number of nitrogens with zero attached hydrogens (tertiary/aromatic N) is 5. The summed E-state index contributed by atoms with van der Waals surface area (Å²) in [6.07, 6.45) is 1.56. The van der Waals surface area contributed by atoms with Gasteiger partial charge in [0.1, 0.15) is 16.7 Å². The van der Waals surface area contributed by atoms with Crippen LogP contribution >= 0.6 is 15.9 Å². The van der Waals surface area contributed by atoms with Crippen LogP contribution in [-0.2, 0) is 13.6 Å². The molecule has 0 spiro atoms. The van der Waals surface area contributed by atoms with E-state index in [1.165, 1.54) is 16.8 Å². The van der Waals surface area contributed by atoms with Crippen molar-refractivity contribution in [1.29, 1.82) is 0 Å². The number of hydrogen-bond acceptors (Lipinski definition) is 5. The molecule has 0 saturated heterocycles. The number of anilines is 2. The van der Waals surface area contributed by atoms with E-state index in [4.69, 9.17) is 0 Å². The van der Waals surface area contributed by atoms with Crippen LogP contribution in [-0.4, -0.2) is 33.8 Å². The number of aryl methyl sites for hydroxylation is 2. The molecule has 0 bridgehead atoms. The van der Waals surface area contributed by atoms with E-state index in [2.05, 4.69) is 66.3 Å². The maximum Gasteiger partial charge on any atom is 0.164 e. The van der Waals surface area contributed by atoms with Gasteiger partial charge in [0.15, 0.2) is 5.65 Å². The Morgan fingerprint density at radius 2 is 2.04 bits per heavy atom. The molecule has 1 N–H and O–H groups in total. The van der Waals surface area contributed by atoms with E-state index in [0.29, 0.717) is 6.54 Å². The van der Waals surface area contributed by atoms with Gasteiger partial charge in [0.2, 0.25) is 0 Å². The maximum atomic E-state index is 4.36. The van der Waals surface area contributed by atoms with Crippen molar-refractivity contribution in [3.05, 3.63) is 40.3 Å². The first-order valence-corrected chi connectivity index (χ1v) is 8.10. The number of hydrogen-bond donors (Lipinski definition) is 1. The van der Waals surface area contributed by atoms with Gasteiger partial charge in [-0.05, 0) is 46.1 Å². The molecular weight excluding hydrogens is 356 g/mol. The standard InChI is InChI=1S/C16H19BrN6/c1-10-7-12(22(2)3)6-5-11(10)8-18-15-13-14(17)21-23(4)16(13)20-9-19-15/h5-7,9H,8H2,1-4H3,(H,18,19,20). The van der Waals surface area contributed by atoms with Gasteiger partial charge in [0.05, 0.1) is 5.39 Å². The Morgan fingerprint density at radius 3 is 2.74 bits per heavy atom. The molecule has 7 heteroatoms. The number of aromatic nitrogens is 4. The van der Waals surface area contributed by atoms with Gasteiger partial charge in [-0.1, -0.05) is 6.07 Å². The molecule has 2 aromatic heterocycles. The lowest BCUT2D eigenvalue weighted by Gasteiger charge is -2.15. The van der Waals surface area contributed by atoms with Gasteiger partial charge in [0, 0.05) is 33.4 Å². The van der Waals surface area contributed by atoms with Crippen LogP contribution in [0.5, 0.6) is 0 Å². The fourth-order valence-electron chi connectivity index (χ4n) is 2.51. The van der Waals surface area contributed by atoms with Crippen LogP contribution in [0, 0.1) is 6.92 Å². The summed E-state index contributed by atoms with van der Waals surface area (Å²) in [5.41, 5.74) is 4.49. The summed E-state index contributed by atoms with van der Waals surface area (Å²) in [6, 6.07) is 6.46. The minimum absolute atomic E-state index is 0.701. The molecule has 23 heavy (non-hydrogen) atoms. The van der Waals surface area contributed by atoms with Gasteiger partial charge in [-0.15, -0.1) is 0 Å². The normalized spacial score (nSPS) is 11.0. The van der Waals surface area contributed by atoms with Crippen molar-refractivity contribution in [3.63, 3.8) is 0 Å². The highest BCUT2D eigenvalue weighted by molar-refractivity contribution is 9.10. The molecule has 0 aliphatic heterocycles. The van der Waals surface area contributed by atoms with Crippen molar-refractivity contribution in [2.24, 2.45) is 7.05 Å². The molecule has 2 heterocycles. The Kier molecular flexibility index (Phi) is 4.21. The Bertz CT molecular complexity index is 855. The Morgan fingerprint density at radius 1 is 1.26 bits per heavy atom. The highest BCUT2D eigenvalue weighted by Gasteiger charge is 2.13. The monoisotopic (exact) mass is 374 g/mol. The average Bonchev–Trinajstić information content (AvgIpc) is 2.81. The molecule has 6 nitrogen and oxygen atoms in total. The van der Waals surface area contributed by atoms with E-state index in [9.17, 15) is 0 Å². The van der Waals surface area contributed by atoms with Crippen LogP contribution in [0.15, 0.2) is 29.1 Å². The van der Waals surface area contributed by atoms with Crippen molar-refractivity contribution in [2.75, 3.05) is 24.3 Å². The zero-order valence-corrected chi connectivity index (χ0v) is 15.2. The van der Waals surface area contributed by atoms with E-state index in [1.807, 2.05) is 21.1 Å². The van der Waals surface area contributed by atoms with Crippen molar-refractivity contribution in [1.82, 2.24) is 19.7 Å². The lowest BCUT2D eigenvalue weighted by molar-refractivity contribution is 0.777. The number of fused-ring (bicyclic) bond motifs is 1. The first-order valence-electron chi connectivity index (χ1n) is 7.31. The van der Waals surface area contributed by atoms with Crippen LogP contribution < -0.4 is 10.2 Å². The first-order chi connectivity index (χ1) is 11.0. The van der Waals surface area contributed by atoms with Gasteiger partial charge in [-0.3, -0.25) is 0 Å². The molecule has 3 rings (SSSR count). The van der Waals surface area contributed by atoms with Crippen molar-refractivity contribution in [3.8, 4) is 0 Å². The summed E-state index contributed by atoms with van der Waals surface area (Å²) in [5.74, 6) is 0.783. The molecule has 1 aromatic carbocycles. The predicted octanol–water partition coefficient (Wildman–Crippen LogP) is 3.11. The minimum Gasteiger partial charge on any atom is -0.378 e. The van der Waals surface area contributed by atoms with E-state index in [1.54, 1.807) is 11.0 Å². The zero-order chi connectivity index (χ0) is 16.6. The molecule has 0 saturated carbocycles. The zero-order valence-electron chi connectivity index (χ0n) is 13.6. The average molecular weight is 375 g/mol. The summed E-state index contributed by atoms with van der Waals surface area (Å²) in [6.45, 7) is 2.83. The summed E-state index contributed by atoms with van der Waals surface area (Å²) >= 11 is 3.48. The summed E-state index contributed by atoms with van der Waals surface area (Å²) in [4.78, 5) is 10.7. The Balaban J connectivity index is 1.87. The minimum atomic E-state index is 0.701. The molecule has 120 valence electrons. The summed E-state index contributed by atoms with van der Waals surface area (Å²) < 4.78 is 2.49. The van der Waals surface area contributed by atoms with Gasteiger partial charge in [-0.25, -0.2) is 14.6 Å². The van der Waals surface area contributed by atoms with Crippen LogP contribution in [0.4, 0.5) is 11.5 Å². The number of halogens is 1. The largest absolute Gasteiger partial charge is 0.378 e. The molecule has 0 fully saturated rings. The van der Waals surface area contributed by atoms with Crippen LogP contribution in [0.3, 0.4) is 0 Å². The van der Waals surface area contributed by atoms with E-state index in [0.717, 1.165) is 21.5 Å². The molecule has 0 unspecified atom stereocenters. The lowest BCUT2D eigenvalue weighted by Crippen LogP contribution is -2.10. The molecule has 0 amide bonds. The highest BCUT2D eigenvalue weighted by Crippen LogP contribution is 2.27. The highest BCUT2D eigenvalue weighted by atomic mass is 79.9. The predicted molar refractivity (Wildman–Crippen MR) is 96.8 cm³/mol. The van der Waals surface area contributed by atoms with Crippen molar-refractivity contribution >= 4 is 38.5 Å². The summed E-state index contributed by atoms with van der Waals surface area (Å²) in [7, 11) is 5.96. The van der Waals surface area contributed by atoms with E-state index >= 15 is 0 Å². The molecule has 0 aliphatic carbocycles. The van der Waals surface area contributed by atoms with Crippen LogP contribution in [0.2, 0.25) is 0 Å². The smallest absolute Gasteiger partial charge is 0.164 e. The molecular formula is C16H19BrN6. The van der Waals surface area contributed by atoms with E-state index in [-0.39, 0.29) is 0 Å². The third kappa shape index (κ3) is 3.01. The van der Waals surface area contributed by atoms with Gasteiger partial charge < -0.3 is 10.2 Å². The van der Waals surface area contributed by atoms with E-state index < -0.39 is 0 Å². The van der Waals surface area contributed by atoms with Gasteiger partial charge >= 0.3 is 0 Å². The quantitative estimate of drug-likeness (QED) is 0.760. The fourth-order valence-corrected chi connectivity index (χ4v) is 3.11. The number of benzene rings is 1. The van der Waals surface area contributed by atoms with Crippen molar-refractivity contribution < 1.29 is 0 Å². The second-order valence-corrected chi connectivity index (χ2v) is 6.45. The molecule has 0 atom stereocenters. The second kappa shape index (κ2) is 6.16. The third-order valence-corrected chi connectivity index (χ3v) is 4.42. The van der Waals surface area contributed by atoms with Crippen LogP contribution in [0.1, 0.15) is 11.1 Å². The number of nitrogens with one attached hydrogen (secondary N) is 1. The summed E-state index contributed by atoms with van der Waals surface area (Å²) in [5, 5.41) is 8.64.